The van der Waals surface area contributed by atoms with E-state index in [2.05, 4.69) is 59.8 Å². The Balaban J connectivity index is 0.000000119. The summed E-state index contributed by atoms with van der Waals surface area (Å²) in [5.74, 6) is 1.11. The van der Waals surface area contributed by atoms with E-state index in [-0.39, 0.29) is 0 Å². The lowest BCUT2D eigenvalue weighted by atomic mass is 10.1. The number of hydrogen-bond acceptors (Lipinski definition) is 18. The molecule has 0 saturated carbocycles. The van der Waals surface area contributed by atoms with Gasteiger partial charge in [0.1, 0.15) is 16.9 Å². The van der Waals surface area contributed by atoms with Crippen LogP contribution in [0.5, 0.6) is 0 Å². The summed E-state index contributed by atoms with van der Waals surface area (Å²) in [7, 11) is -2.51. The molecular formula is C45H36N18O2S3. The molecule has 12 aromatic rings. The molecule has 12 heterocycles. The van der Waals surface area contributed by atoms with Crippen molar-refractivity contribution in [3.63, 3.8) is 0 Å². The van der Waals surface area contributed by atoms with E-state index in [1.165, 1.54) is 11.8 Å². The molecule has 0 aliphatic carbocycles. The first kappa shape index (κ1) is 43.5. The van der Waals surface area contributed by atoms with Crippen LogP contribution in [0.3, 0.4) is 0 Å². The van der Waals surface area contributed by atoms with E-state index in [4.69, 9.17) is 17.2 Å². The molecular weight excluding hydrogens is 921 g/mol. The van der Waals surface area contributed by atoms with E-state index in [1.807, 2.05) is 71.3 Å². The third-order valence-corrected chi connectivity index (χ3v) is 12.6. The van der Waals surface area contributed by atoms with Gasteiger partial charge >= 0.3 is 0 Å². The Morgan fingerprint density at radius 3 is 1.12 bits per heavy atom. The Morgan fingerprint density at radius 2 is 0.765 bits per heavy atom. The fraction of sp³-hybridized carbons (Fsp3) is 0.0667. The van der Waals surface area contributed by atoms with Gasteiger partial charge in [-0.3, -0.25) is 21.6 Å². The highest BCUT2D eigenvalue weighted by Crippen LogP contribution is 2.37. The molecule has 0 aliphatic rings. The number of pyridine rings is 3. The number of nitrogens with zero attached hydrogens (tertiary/aromatic N) is 15. The van der Waals surface area contributed by atoms with E-state index in [1.54, 1.807) is 89.2 Å². The lowest BCUT2D eigenvalue weighted by Gasteiger charge is -2.03. The second kappa shape index (κ2) is 18.1. The minimum Gasteiger partial charge on any atom is -0.369 e. The van der Waals surface area contributed by atoms with Crippen molar-refractivity contribution in [1.29, 1.82) is 0 Å². The molecule has 0 spiro atoms. The fourth-order valence-corrected chi connectivity index (χ4v) is 9.15. The van der Waals surface area contributed by atoms with Crippen molar-refractivity contribution >= 4 is 101 Å². The average molecular weight is 957 g/mol. The number of hydrogen-bond donors (Lipinski definition) is 3. The van der Waals surface area contributed by atoms with Gasteiger partial charge in [-0.1, -0.05) is 11.8 Å². The molecule has 0 fully saturated rings. The van der Waals surface area contributed by atoms with Gasteiger partial charge in [-0.2, -0.15) is 0 Å². The maximum absolute atomic E-state index is 11.7. The monoisotopic (exact) mass is 956 g/mol. The Labute approximate surface area is 394 Å². The van der Waals surface area contributed by atoms with Crippen LogP contribution >= 0.6 is 11.8 Å². The Morgan fingerprint density at radius 1 is 0.426 bits per heavy atom. The van der Waals surface area contributed by atoms with Gasteiger partial charge in [-0.05, 0) is 79.1 Å². The van der Waals surface area contributed by atoms with E-state index >= 15 is 0 Å². The smallest absolute Gasteiger partial charge is 0.218 e. The molecule has 0 amide bonds. The highest BCUT2D eigenvalue weighted by atomic mass is 32.2. The van der Waals surface area contributed by atoms with Crippen molar-refractivity contribution in [1.82, 2.24) is 73.0 Å². The van der Waals surface area contributed by atoms with Crippen LogP contribution < -0.4 is 17.2 Å². The van der Waals surface area contributed by atoms with Crippen molar-refractivity contribution < 1.29 is 8.42 Å². The van der Waals surface area contributed by atoms with Crippen LogP contribution in [-0.4, -0.2) is 100 Å². The predicted octanol–water partition coefficient (Wildman–Crippen LogP) is 5.96. The predicted molar refractivity (Wildman–Crippen MR) is 264 cm³/mol. The van der Waals surface area contributed by atoms with Crippen molar-refractivity contribution in [3.05, 3.63) is 129 Å². The van der Waals surface area contributed by atoms with Crippen LogP contribution in [0.15, 0.2) is 144 Å². The van der Waals surface area contributed by atoms with Gasteiger partial charge in [0, 0.05) is 101 Å². The summed E-state index contributed by atoms with van der Waals surface area (Å²) in [5.41, 5.74) is 27.9. The largest absolute Gasteiger partial charge is 0.369 e. The molecule has 6 N–H and O–H groups in total. The number of fused-ring (bicyclic) bond motifs is 9. The molecule has 0 saturated heterocycles. The second-order valence-electron chi connectivity index (χ2n) is 14.6. The van der Waals surface area contributed by atoms with Crippen LogP contribution in [0.4, 0.5) is 17.8 Å². The maximum Gasteiger partial charge on any atom is 0.218 e. The van der Waals surface area contributed by atoms with Crippen LogP contribution in [0.1, 0.15) is 0 Å². The first-order chi connectivity index (χ1) is 33.1. The minimum absolute atomic E-state index is 0.293. The number of aromatic nitrogens is 15. The molecule has 0 bridgehead atoms. The Hall–Kier alpha value is -8.41. The van der Waals surface area contributed by atoms with E-state index in [0.29, 0.717) is 50.8 Å². The third kappa shape index (κ3) is 7.72. The summed E-state index contributed by atoms with van der Waals surface area (Å²) >= 11 is 1.51. The summed E-state index contributed by atoms with van der Waals surface area (Å²) in [6, 6.07) is 22.7. The topological polar surface area (TPSA) is 280 Å². The van der Waals surface area contributed by atoms with Gasteiger partial charge in [-0.25, -0.2) is 59.8 Å². The molecule has 12 aromatic heterocycles. The van der Waals surface area contributed by atoms with Crippen molar-refractivity contribution in [2.24, 2.45) is 0 Å². The summed E-state index contributed by atoms with van der Waals surface area (Å²) in [5, 5.41) is 4.11. The van der Waals surface area contributed by atoms with Gasteiger partial charge in [0.25, 0.3) is 0 Å². The van der Waals surface area contributed by atoms with E-state index in [9.17, 15) is 8.42 Å². The van der Waals surface area contributed by atoms with Gasteiger partial charge in [-0.15, -0.1) is 0 Å². The average Bonchev–Trinajstić information content (AvgIpc) is 4.02. The van der Waals surface area contributed by atoms with Gasteiger partial charge in [0.15, 0.2) is 5.16 Å². The van der Waals surface area contributed by atoms with Gasteiger partial charge in [0.05, 0.1) is 55.2 Å². The van der Waals surface area contributed by atoms with Gasteiger partial charge < -0.3 is 17.2 Å². The van der Waals surface area contributed by atoms with Crippen molar-refractivity contribution in [2.45, 2.75) is 15.5 Å². The molecule has 0 aromatic carbocycles. The van der Waals surface area contributed by atoms with Crippen LogP contribution in [0.2, 0.25) is 0 Å². The van der Waals surface area contributed by atoms with Crippen molar-refractivity contribution in [2.75, 3.05) is 36.0 Å². The third-order valence-electron chi connectivity index (χ3n) is 10.7. The van der Waals surface area contributed by atoms with Crippen LogP contribution in [0.25, 0.3) is 83.4 Å². The summed E-state index contributed by atoms with van der Waals surface area (Å²) < 4.78 is 28.8. The van der Waals surface area contributed by atoms with Crippen LogP contribution in [0, 0.1) is 0 Å². The lowest BCUT2D eigenvalue weighted by Crippen LogP contribution is -2.00. The first-order valence-corrected chi connectivity index (χ1v) is 24.7. The highest BCUT2D eigenvalue weighted by molar-refractivity contribution is 7.98. The molecule has 2 atom stereocenters. The Kier molecular flexibility index (Phi) is 11.6. The zero-order valence-corrected chi connectivity index (χ0v) is 38.6. The quantitative estimate of drug-likeness (QED) is 0.128. The van der Waals surface area contributed by atoms with E-state index in [0.717, 1.165) is 65.9 Å². The standard InChI is InChI=1S/2C15H12N6OS.C15H12N6S/c2*1-23(22)15-19-7-4-10(20-15)12-9-3-2-6-17-13(9)21-11(12)5-8-18-14(21)16;1-22-15-19-7-4-10(20-15)12-9-3-2-6-17-13(9)21-11(12)5-8-18-14(21)16/h2*2-8H,1H3,(H2,16,18);2-8H,1H3,(H2,16,18). The zero-order chi connectivity index (χ0) is 47.1. The zero-order valence-electron chi connectivity index (χ0n) is 36.1. The highest BCUT2D eigenvalue weighted by Gasteiger charge is 2.21. The van der Waals surface area contributed by atoms with Crippen molar-refractivity contribution in [3.8, 4) is 33.8 Å². The Bertz CT molecular complexity index is 3780. The number of thioether (sulfide) groups is 1. The lowest BCUT2D eigenvalue weighted by molar-refractivity contribution is 0.679. The maximum atomic E-state index is 11.7. The summed E-state index contributed by atoms with van der Waals surface area (Å²) in [4.78, 5) is 51.5. The summed E-state index contributed by atoms with van der Waals surface area (Å²) in [6.45, 7) is 0. The molecule has 336 valence electrons. The van der Waals surface area contributed by atoms with E-state index < -0.39 is 21.6 Å². The van der Waals surface area contributed by atoms with Crippen LogP contribution in [-0.2, 0) is 21.6 Å². The summed E-state index contributed by atoms with van der Waals surface area (Å²) in [6.07, 6.45) is 20.2. The molecule has 12 rings (SSSR count). The number of nitrogens with two attached hydrogens (primary N) is 3. The minimum atomic E-state index is -1.25. The molecule has 20 nitrogen and oxygen atoms in total. The molecule has 0 aliphatic heterocycles. The molecule has 0 radical (unpaired) electrons. The van der Waals surface area contributed by atoms with Gasteiger partial charge in [0.2, 0.25) is 28.2 Å². The number of rotatable bonds is 6. The number of anilines is 3. The fourth-order valence-electron chi connectivity index (χ4n) is 7.92. The SMILES string of the molecule is CS(=O)c1nccc(-c2c3cccnc3n3c(N)nccc23)n1.CS(=O)c1nccc(-c2c3cccnc3n3c(N)nccc23)n1.CSc1nccc(-c2c3cccnc3n3c(N)nccc23)n1. The molecule has 2 unspecified atom stereocenters. The normalized spacial score (nSPS) is 12.3. The first-order valence-electron chi connectivity index (χ1n) is 20.3. The molecule has 68 heavy (non-hydrogen) atoms. The molecule has 23 heteroatoms. The second-order valence-corrected chi connectivity index (χ2v) is 17.9. The number of nitrogen functional groups attached to an aromatic ring is 3.